The van der Waals surface area contributed by atoms with Crippen molar-refractivity contribution in [3.63, 3.8) is 0 Å². The molecule has 18 heavy (non-hydrogen) atoms. The summed E-state index contributed by atoms with van der Waals surface area (Å²) in [6, 6.07) is 8.09. The smallest absolute Gasteiger partial charge is 0.168 e. The summed E-state index contributed by atoms with van der Waals surface area (Å²) in [6.45, 7) is 6.56. The van der Waals surface area contributed by atoms with Crippen LogP contribution >= 0.6 is 22.6 Å². The normalized spacial score (nSPS) is 11.6. The van der Waals surface area contributed by atoms with Gasteiger partial charge in [-0.05, 0) is 60.1 Å². The summed E-state index contributed by atoms with van der Waals surface area (Å²) in [5.41, 5.74) is 0.462. The fourth-order valence-corrected chi connectivity index (χ4v) is 2.51. The maximum absolute atomic E-state index is 12.4. The summed E-state index contributed by atoms with van der Waals surface area (Å²) in [5, 5.41) is 0. The molecule has 0 aliphatic carbocycles. The molecule has 100 valence electrons. The standard InChI is InChI=1S/C15H21IO2/c1-4-15(5-2,18-6-3)14(17)11-12-7-9-13(16)10-8-12/h7-10H,4-6,11H2,1-3H3. The van der Waals surface area contributed by atoms with E-state index in [-0.39, 0.29) is 5.78 Å². The molecule has 0 spiro atoms. The monoisotopic (exact) mass is 360 g/mol. The molecule has 0 atom stereocenters. The van der Waals surface area contributed by atoms with Crippen LogP contribution in [-0.2, 0) is 16.0 Å². The lowest BCUT2D eigenvalue weighted by atomic mass is 9.88. The number of Topliss-reactive ketones (excluding diaryl/α,β-unsaturated/α-hetero) is 1. The second-order valence-corrected chi connectivity index (χ2v) is 5.61. The Morgan fingerprint density at radius 1 is 1.17 bits per heavy atom. The van der Waals surface area contributed by atoms with Crippen LogP contribution in [0.2, 0.25) is 0 Å². The molecule has 0 saturated heterocycles. The molecule has 1 aromatic carbocycles. The molecule has 0 amide bonds. The Balaban J connectivity index is 2.81. The summed E-state index contributed by atoms with van der Waals surface area (Å²) in [5.74, 6) is 0.190. The van der Waals surface area contributed by atoms with Crippen LogP contribution in [-0.4, -0.2) is 18.0 Å². The second-order valence-electron chi connectivity index (χ2n) is 4.36. The summed E-state index contributed by atoms with van der Waals surface area (Å²) in [4.78, 5) is 12.4. The Labute approximate surface area is 123 Å². The predicted octanol–water partition coefficient (Wildman–Crippen LogP) is 4.00. The maximum Gasteiger partial charge on any atom is 0.168 e. The number of carbonyl (C=O) groups excluding carboxylic acids is 1. The first-order chi connectivity index (χ1) is 8.57. The van der Waals surface area contributed by atoms with Gasteiger partial charge in [-0.2, -0.15) is 0 Å². The molecule has 0 fully saturated rings. The first-order valence-electron chi connectivity index (χ1n) is 6.49. The van der Waals surface area contributed by atoms with Gasteiger partial charge in [-0.25, -0.2) is 0 Å². The third-order valence-electron chi connectivity index (χ3n) is 3.35. The summed E-state index contributed by atoms with van der Waals surface area (Å²) >= 11 is 2.26. The van der Waals surface area contributed by atoms with Gasteiger partial charge < -0.3 is 4.74 Å². The van der Waals surface area contributed by atoms with Crippen LogP contribution in [0.25, 0.3) is 0 Å². The first-order valence-corrected chi connectivity index (χ1v) is 7.57. The van der Waals surface area contributed by atoms with Crippen LogP contribution in [0.3, 0.4) is 0 Å². The number of halogens is 1. The van der Waals surface area contributed by atoms with Crippen molar-refractivity contribution in [2.75, 3.05) is 6.61 Å². The van der Waals surface area contributed by atoms with Crippen molar-refractivity contribution in [1.29, 1.82) is 0 Å². The molecule has 1 aromatic rings. The number of ketones is 1. The summed E-state index contributed by atoms with van der Waals surface area (Å²) in [7, 11) is 0. The fraction of sp³-hybridized carbons (Fsp3) is 0.533. The van der Waals surface area contributed by atoms with Crippen LogP contribution in [0.1, 0.15) is 39.2 Å². The highest BCUT2D eigenvalue weighted by atomic mass is 127. The largest absolute Gasteiger partial charge is 0.368 e. The molecule has 2 nitrogen and oxygen atoms in total. The Morgan fingerprint density at radius 2 is 1.72 bits per heavy atom. The van der Waals surface area contributed by atoms with Gasteiger partial charge in [0.05, 0.1) is 0 Å². The van der Waals surface area contributed by atoms with E-state index < -0.39 is 5.60 Å². The van der Waals surface area contributed by atoms with Crippen LogP contribution in [0.5, 0.6) is 0 Å². The molecular weight excluding hydrogens is 339 g/mol. The first kappa shape index (κ1) is 15.6. The Hall–Kier alpha value is -0.420. The van der Waals surface area contributed by atoms with Crippen LogP contribution in [0.15, 0.2) is 24.3 Å². The van der Waals surface area contributed by atoms with Gasteiger partial charge in [-0.3, -0.25) is 4.79 Å². The Kier molecular flexibility index (Phi) is 6.29. The van der Waals surface area contributed by atoms with Gasteiger partial charge >= 0.3 is 0 Å². The minimum absolute atomic E-state index is 0.190. The maximum atomic E-state index is 12.4. The van der Waals surface area contributed by atoms with E-state index in [1.54, 1.807) is 0 Å². The Bertz CT molecular complexity index is 380. The van der Waals surface area contributed by atoms with Gasteiger partial charge in [-0.15, -0.1) is 0 Å². The van der Waals surface area contributed by atoms with Gasteiger partial charge in [-0.1, -0.05) is 26.0 Å². The lowest BCUT2D eigenvalue weighted by molar-refractivity contribution is -0.144. The summed E-state index contributed by atoms with van der Waals surface area (Å²) < 4.78 is 6.92. The minimum atomic E-state index is -0.599. The highest BCUT2D eigenvalue weighted by Gasteiger charge is 2.34. The van der Waals surface area contributed by atoms with Crippen molar-refractivity contribution in [2.24, 2.45) is 0 Å². The molecule has 0 heterocycles. The van der Waals surface area contributed by atoms with Crippen molar-refractivity contribution in [2.45, 2.75) is 45.6 Å². The van der Waals surface area contributed by atoms with Gasteiger partial charge in [0.2, 0.25) is 0 Å². The molecule has 0 aromatic heterocycles. The number of benzene rings is 1. The van der Waals surface area contributed by atoms with Crippen molar-refractivity contribution >= 4 is 28.4 Å². The number of ether oxygens (including phenoxy) is 1. The van der Waals surface area contributed by atoms with Crippen LogP contribution < -0.4 is 0 Å². The van der Waals surface area contributed by atoms with E-state index in [4.69, 9.17) is 4.74 Å². The SMILES string of the molecule is CCOC(CC)(CC)C(=O)Cc1ccc(I)cc1. The van der Waals surface area contributed by atoms with E-state index in [1.165, 1.54) is 3.57 Å². The minimum Gasteiger partial charge on any atom is -0.368 e. The number of hydrogen-bond acceptors (Lipinski definition) is 2. The molecule has 0 aliphatic heterocycles. The molecule has 0 unspecified atom stereocenters. The predicted molar refractivity (Wildman–Crippen MR) is 82.8 cm³/mol. The lowest BCUT2D eigenvalue weighted by Gasteiger charge is -2.30. The van der Waals surface area contributed by atoms with E-state index >= 15 is 0 Å². The zero-order valence-electron chi connectivity index (χ0n) is 11.3. The van der Waals surface area contributed by atoms with Gasteiger partial charge in [0.1, 0.15) is 5.60 Å². The van der Waals surface area contributed by atoms with E-state index in [0.29, 0.717) is 13.0 Å². The van der Waals surface area contributed by atoms with Crippen LogP contribution in [0.4, 0.5) is 0 Å². The van der Waals surface area contributed by atoms with Gasteiger partial charge in [0.25, 0.3) is 0 Å². The lowest BCUT2D eigenvalue weighted by Crippen LogP contribution is -2.41. The molecule has 0 bridgehead atoms. The topological polar surface area (TPSA) is 26.3 Å². The number of rotatable bonds is 7. The number of hydrogen-bond donors (Lipinski definition) is 0. The third-order valence-corrected chi connectivity index (χ3v) is 4.07. The molecule has 0 saturated carbocycles. The molecule has 0 radical (unpaired) electrons. The number of carbonyl (C=O) groups is 1. The Morgan fingerprint density at radius 3 is 2.17 bits per heavy atom. The average Bonchev–Trinajstić information content (AvgIpc) is 2.38. The van der Waals surface area contributed by atoms with Crippen molar-refractivity contribution in [3.05, 3.63) is 33.4 Å². The van der Waals surface area contributed by atoms with Crippen molar-refractivity contribution in [3.8, 4) is 0 Å². The van der Waals surface area contributed by atoms with Crippen molar-refractivity contribution in [1.82, 2.24) is 0 Å². The van der Waals surface area contributed by atoms with E-state index in [2.05, 4.69) is 22.6 Å². The fourth-order valence-electron chi connectivity index (χ4n) is 2.15. The van der Waals surface area contributed by atoms with E-state index in [1.807, 2.05) is 45.0 Å². The molecule has 3 heteroatoms. The molecule has 0 aliphatic rings. The van der Waals surface area contributed by atoms with E-state index in [9.17, 15) is 4.79 Å². The van der Waals surface area contributed by atoms with E-state index in [0.717, 1.165) is 18.4 Å². The summed E-state index contributed by atoms with van der Waals surface area (Å²) in [6.07, 6.45) is 1.93. The molecular formula is C15H21IO2. The van der Waals surface area contributed by atoms with Crippen LogP contribution in [0, 0.1) is 3.57 Å². The zero-order valence-corrected chi connectivity index (χ0v) is 13.5. The van der Waals surface area contributed by atoms with Crippen molar-refractivity contribution < 1.29 is 9.53 Å². The quantitative estimate of drug-likeness (QED) is 0.687. The highest BCUT2D eigenvalue weighted by molar-refractivity contribution is 14.1. The van der Waals surface area contributed by atoms with Gasteiger partial charge in [0.15, 0.2) is 5.78 Å². The zero-order chi connectivity index (χ0) is 13.6. The second kappa shape index (κ2) is 7.24. The molecule has 0 N–H and O–H groups in total. The highest BCUT2D eigenvalue weighted by Crippen LogP contribution is 2.24. The average molecular weight is 360 g/mol. The third kappa shape index (κ3) is 3.79. The van der Waals surface area contributed by atoms with Gasteiger partial charge in [0, 0.05) is 16.6 Å². The molecule has 1 rings (SSSR count).